The van der Waals surface area contributed by atoms with Gasteiger partial charge in [0.2, 0.25) is 11.8 Å². The number of fused-ring (bicyclic) bond motifs is 1. The molecule has 0 aliphatic carbocycles. The van der Waals surface area contributed by atoms with Crippen LogP contribution in [0.2, 0.25) is 0 Å². The van der Waals surface area contributed by atoms with Crippen LogP contribution in [0.4, 0.5) is 4.79 Å². The highest BCUT2D eigenvalue weighted by atomic mass is 16.6. The first-order valence-corrected chi connectivity index (χ1v) is 9.74. The molecule has 31 heavy (non-hydrogen) atoms. The Labute approximate surface area is 179 Å². The molecule has 9 heteroatoms. The minimum atomic E-state index is -0.884. The average molecular weight is 423 g/mol. The van der Waals surface area contributed by atoms with E-state index < -0.39 is 23.9 Å². The molecule has 3 amide bonds. The van der Waals surface area contributed by atoms with Gasteiger partial charge >= 0.3 is 6.09 Å². The number of H-pyrrole nitrogens is 1. The second-order valence-corrected chi connectivity index (χ2v) is 7.12. The van der Waals surface area contributed by atoms with Crippen LogP contribution < -0.4 is 16.5 Å². The molecule has 162 valence electrons. The number of carbonyl (C=O) groups excluding carboxylic acids is 3. The summed E-state index contributed by atoms with van der Waals surface area (Å²) in [6.45, 7) is -0.0703. The molecule has 0 spiro atoms. The number of amides is 3. The Bertz CT molecular complexity index is 1050. The third-order valence-corrected chi connectivity index (χ3v) is 4.65. The van der Waals surface area contributed by atoms with Crippen LogP contribution in [-0.4, -0.2) is 47.5 Å². The molecule has 0 bridgehead atoms. The molecule has 0 saturated carbocycles. The molecule has 1 unspecified atom stereocenters. The smallest absolute Gasteiger partial charge is 0.422 e. The molecule has 2 aromatic carbocycles. The highest BCUT2D eigenvalue weighted by molar-refractivity contribution is 5.89. The first-order chi connectivity index (χ1) is 14.9. The maximum Gasteiger partial charge on any atom is 0.422 e. The number of nitrogens with two attached hydrogens (primary N) is 1. The first-order valence-electron chi connectivity index (χ1n) is 9.74. The summed E-state index contributed by atoms with van der Waals surface area (Å²) in [7, 11) is 1.52. The number of likely N-dealkylation sites (N-methyl/N-ethyl adjacent to an activating group) is 1. The SMILES string of the molecule is CN(CC(=O)NC(Cc1c[nH]c2ccccc12)C(N)=O)NC(=O)OCc1ccccc1. The number of aromatic amines is 1. The molecule has 0 aliphatic heterocycles. The number of para-hydroxylation sites is 1. The lowest BCUT2D eigenvalue weighted by Crippen LogP contribution is -2.51. The van der Waals surface area contributed by atoms with E-state index in [0.29, 0.717) is 0 Å². The van der Waals surface area contributed by atoms with E-state index in [1.54, 1.807) is 6.20 Å². The van der Waals surface area contributed by atoms with Gasteiger partial charge in [-0.25, -0.2) is 9.80 Å². The van der Waals surface area contributed by atoms with Crippen LogP contribution in [0.15, 0.2) is 60.8 Å². The van der Waals surface area contributed by atoms with Gasteiger partial charge < -0.3 is 20.8 Å². The van der Waals surface area contributed by atoms with E-state index in [2.05, 4.69) is 15.7 Å². The Morgan fingerprint density at radius 1 is 1.10 bits per heavy atom. The van der Waals surface area contributed by atoms with E-state index in [4.69, 9.17) is 10.5 Å². The number of hydrogen-bond donors (Lipinski definition) is 4. The zero-order chi connectivity index (χ0) is 22.2. The van der Waals surface area contributed by atoms with E-state index in [1.807, 2.05) is 54.6 Å². The number of aromatic nitrogens is 1. The summed E-state index contributed by atoms with van der Waals surface area (Å²) in [5.41, 5.74) is 10.6. The second-order valence-electron chi connectivity index (χ2n) is 7.12. The van der Waals surface area contributed by atoms with Gasteiger partial charge in [0.25, 0.3) is 0 Å². The maximum absolute atomic E-state index is 12.4. The topological polar surface area (TPSA) is 130 Å². The van der Waals surface area contributed by atoms with Gasteiger partial charge in [-0.05, 0) is 17.2 Å². The Morgan fingerprint density at radius 3 is 2.55 bits per heavy atom. The van der Waals surface area contributed by atoms with Gasteiger partial charge in [-0.3, -0.25) is 15.0 Å². The van der Waals surface area contributed by atoms with Crippen LogP contribution in [-0.2, 0) is 27.4 Å². The largest absolute Gasteiger partial charge is 0.444 e. The summed E-state index contributed by atoms with van der Waals surface area (Å²) in [6.07, 6.45) is 1.36. The fourth-order valence-electron chi connectivity index (χ4n) is 3.15. The number of primary amides is 1. The molecule has 0 radical (unpaired) electrons. The fourth-order valence-corrected chi connectivity index (χ4v) is 3.15. The lowest BCUT2D eigenvalue weighted by Gasteiger charge is -2.20. The summed E-state index contributed by atoms with van der Waals surface area (Å²) in [6, 6.07) is 16.0. The first kappa shape index (κ1) is 21.8. The third kappa shape index (κ3) is 6.31. The van der Waals surface area contributed by atoms with Crippen molar-refractivity contribution in [1.29, 1.82) is 0 Å². The lowest BCUT2D eigenvalue weighted by molar-refractivity contribution is -0.128. The van der Waals surface area contributed by atoms with Crippen molar-refractivity contribution in [3.8, 4) is 0 Å². The van der Waals surface area contributed by atoms with Crippen molar-refractivity contribution in [2.45, 2.75) is 19.1 Å². The number of rotatable bonds is 9. The van der Waals surface area contributed by atoms with E-state index in [1.165, 1.54) is 12.1 Å². The zero-order valence-corrected chi connectivity index (χ0v) is 17.1. The molecule has 0 saturated heterocycles. The predicted molar refractivity (Wildman–Crippen MR) is 116 cm³/mol. The van der Waals surface area contributed by atoms with Crippen molar-refractivity contribution >= 4 is 28.8 Å². The van der Waals surface area contributed by atoms with E-state index in [-0.39, 0.29) is 19.6 Å². The van der Waals surface area contributed by atoms with Crippen molar-refractivity contribution in [1.82, 2.24) is 20.7 Å². The van der Waals surface area contributed by atoms with Crippen LogP contribution in [0.5, 0.6) is 0 Å². The minimum absolute atomic E-state index is 0.112. The van der Waals surface area contributed by atoms with E-state index in [0.717, 1.165) is 22.0 Å². The van der Waals surface area contributed by atoms with Gasteiger partial charge in [-0.15, -0.1) is 0 Å². The standard InChI is InChI=1S/C22H25N5O4/c1-27(26-22(30)31-14-15-7-3-2-4-8-15)13-20(28)25-19(21(23)29)11-16-12-24-18-10-6-5-9-17(16)18/h2-10,12,19,24H,11,13-14H2,1H3,(H2,23,29)(H,25,28)(H,26,30). The molecule has 9 nitrogen and oxygen atoms in total. The monoisotopic (exact) mass is 423 g/mol. The number of nitrogens with zero attached hydrogens (tertiary/aromatic N) is 1. The normalized spacial score (nSPS) is 11.8. The number of carbonyl (C=O) groups is 3. The van der Waals surface area contributed by atoms with Gasteiger partial charge in [0.05, 0.1) is 6.54 Å². The number of benzene rings is 2. The maximum atomic E-state index is 12.4. The number of hydrazine groups is 1. The summed E-state index contributed by atoms with van der Waals surface area (Å²) in [4.78, 5) is 39.3. The van der Waals surface area contributed by atoms with Crippen LogP contribution in [0, 0.1) is 0 Å². The van der Waals surface area contributed by atoms with E-state index in [9.17, 15) is 14.4 Å². The summed E-state index contributed by atoms with van der Waals surface area (Å²) in [5, 5.41) is 4.85. The molecule has 5 N–H and O–H groups in total. The van der Waals surface area contributed by atoms with Crippen molar-refractivity contribution in [3.05, 3.63) is 71.9 Å². The van der Waals surface area contributed by atoms with Crippen LogP contribution in [0.3, 0.4) is 0 Å². The molecule has 0 aliphatic rings. The van der Waals surface area contributed by atoms with Gasteiger partial charge in [0, 0.05) is 30.6 Å². The number of hydrogen-bond acceptors (Lipinski definition) is 5. The molecular weight excluding hydrogens is 398 g/mol. The van der Waals surface area contributed by atoms with Crippen molar-refractivity contribution in [3.63, 3.8) is 0 Å². The molecular formula is C22H25N5O4. The Kier molecular flexibility index (Phi) is 7.23. The van der Waals surface area contributed by atoms with Gasteiger partial charge in [0.15, 0.2) is 0 Å². The lowest BCUT2D eigenvalue weighted by atomic mass is 10.0. The summed E-state index contributed by atoms with van der Waals surface area (Å²) >= 11 is 0. The molecule has 3 aromatic rings. The van der Waals surface area contributed by atoms with Crippen LogP contribution >= 0.6 is 0 Å². The highest BCUT2D eigenvalue weighted by Crippen LogP contribution is 2.19. The molecule has 0 fully saturated rings. The molecule has 3 rings (SSSR count). The number of ether oxygens (including phenoxy) is 1. The van der Waals surface area contributed by atoms with Crippen LogP contribution in [0.1, 0.15) is 11.1 Å². The quantitative estimate of drug-likeness (QED) is 0.387. The average Bonchev–Trinajstić information content (AvgIpc) is 3.15. The second kappa shape index (κ2) is 10.3. The Hall–Kier alpha value is -3.85. The van der Waals surface area contributed by atoms with Gasteiger partial charge in [0.1, 0.15) is 12.6 Å². The Balaban J connectivity index is 1.49. The molecule has 1 aromatic heterocycles. The Morgan fingerprint density at radius 2 is 1.81 bits per heavy atom. The summed E-state index contributed by atoms with van der Waals surface area (Å²) in [5.74, 6) is -1.11. The molecule has 1 atom stereocenters. The highest BCUT2D eigenvalue weighted by Gasteiger charge is 2.21. The fraction of sp³-hybridized carbons (Fsp3) is 0.227. The zero-order valence-electron chi connectivity index (χ0n) is 17.1. The third-order valence-electron chi connectivity index (χ3n) is 4.65. The van der Waals surface area contributed by atoms with Crippen molar-refractivity contribution < 1.29 is 19.1 Å². The van der Waals surface area contributed by atoms with Gasteiger partial charge in [-0.2, -0.15) is 0 Å². The minimum Gasteiger partial charge on any atom is -0.444 e. The number of nitrogens with one attached hydrogen (secondary N) is 3. The van der Waals surface area contributed by atoms with Crippen molar-refractivity contribution in [2.24, 2.45) is 5.73 Å². The predicted octanol–water partition coefficient (Wildman–Crippen LogP) is 1.45. The van der Waals surface area contributed by atoms with E-state index >= 15 is 0 Å². The summed E-state index contributed by atoms with van der Waals surface area (Å²) < 4.78 is 5.11. The van der Waals surface area contributed by atoms with Crippen LogP contribution in [0.25, 0.3) is 10.9 Å². The van der Waals surface area contributed by atoms with Crippen molar-refractivity contribution in [2.75, 3.05) is 13.6 Å². The molecule has 1 heterocycles. The van der Waals surface area contributed by atoms with Gasteiger partial charge in [-0.1, -0.05) is 48.5 Å².